The summed E-state index contributed by atoms with van der Waals surface area (Å²) >= 11 is 0. The minimum Gasteiger partial charge on any atom is -0.370 e. The number of aromatic amines is 1. The van der Waals surface area contributed by atoms with E-state index in [1.54, 1.807) is 0 Å². The number of aromatic nitrogens is 3. The second-order valence-electron chi connectivity index (χ2n) is 6.97. The lowest BCUT2D eigenvalue weighted by Gasteiger charge is -2.13. The molecule has 3 N–H and O–H groups in total. The van der Waals surface area contributed by atoms with Crippen molar-refractivity contribution in [2.45, 2.75) is 25.8 Å². The highest BCUT2D eigenvalue weighted by Crippen LogP contribution is 2.20. The van der Waals surface area contributed by atoms with Crippen LogP contribution < -0.4 is 10.6 Å². The largest absolute Gasteiger partial charge is 0.370 e. The van der Waals surface area contributed by atoms with Crippen LogP contribution in [0.15, 0.2) is 36.5 Å². The van der Waals surface area contributed by atoms with Gasteiger partial charge in [-0.25, -0.2) is 18.4 Å². The Labute approximate surface area is 158 Å². The van der Waals surface area contributed by atoms with Gasteiger partial charge in [0.25, 0.3) is 0 Å². The van der Waals surface area contributed by atoms with Gasteiger partial charge in [-0.3, -0.25) is 0 Å². The summed E-state index contributed by atoms with van der Waals surface area (Å²) in [6.45, 7) is 2.58. The maximum atomic E-state index is 11.6. The summed E-state index contributed by atoms with van der Waals surface area (Å²) < 4.78 is 23.2. The molecule has 2 aromatic heterocycles. The number of nitrogens with zero attached hydrogens (tertiary/aromatic N) is 2. The third-order valence-corrected chi connectivity index (χ3v) is 6.57. The lowest BCUT2D eigenvalue weighted by Crippen LogP contribution is -2.21. The number of sulfone groups is 1. The number of rotatable bonds is 6. The molecule has 1 unspecified atom stereocenters. The van der Waals surface area contributed by atoms with Crippen molar-refractivity contribution < 1.29 is 8.42 Å². The zero-order valence-corrected chi connectivity index (χ0v) is 16.0. The minimum absolute atomic E-state index is 0.0802. The molecular weight excluding hydrogens is 362 g/mol. The SMILES string of the molecule is Cc1nc(NCCc2c[nH]c3ccccc23)cc(NC2CCS(=O)(=O)C2)n1. The summed E-state index contributed by atoms with van der Waals surface area (Å²) in [6, 6.07) is 10.0. The van der Waals surface area contributed by atoms with E-state index in [1.165, 1.54) is 10.9 Å². The van der Waals surface area contributed by atoms with Crippen LogP contribution in [0.25, 0.3) is 10.9 Å². The van der Waals surface area contributed by atoms with E-state index in [-0.39, 0.29) is 17.5 Å². The van der Waals surface area contributed by atoms with Gasteiger partial charge in [-0.2, -0.15) is 0 Å². The van der Waals surface area contributed by atoms with Crippen LogP contribution in [0.3, 0.4) is 0 Å². The normalized spacial score (nSPS) is 18.6. The van der Waals surface area contributed by atoms with Crippen LogP contribution in [0.1, 0.15) is 17.8 Å². The fourth-order valence-electron chi connectivity index (χ4n) is 3.51. The van der Waals surface area contributed by atoms with Gasteiger partial charge in [0.2, 0.25) is 0 Å². The third-order valence-electron chi connectivity index (χ3n) is 4.80. The van der Waals surface area contributed by atoms with E-state index in [0.29, 0.717) is 18.1 Å². The van der Waals surface area contributed by atoms with Crippen LogP contribution >= 0.6 is 0 Å². The van der Waals surface area contributed by atoms with Gasteiger partial charge < -0.3 is 15.6 Å². The fourth-order valence-corrected chi connectivity index (χ4v) is 5.19. The third kappa shape index (κ3) is 4.21. The molecule has 3 aromatic rings. The Morgan fingerprint density at radius 1 is 1.22 bits per heavy atom. The molecule has 1 aromatic carbocycles. The van der Waals surface area contributed by atoms with Gasteiger partial charge in [-0.15, -0.1) is 0 Å². The van der Waals surface area contributed by atoms with E-state index in [9.17, 15) is 8.42 Å². The number of anilines is 2. The summed E-state index contributed by atoms with van der Waals surface area (Å²) in [5.74, 6) is 2.46. The first-order valence-electron chi connectivity index (χ1n) is 9.10. The zero-order valence-electron chi connectivity index (χ0n) is 15.2. The molecule has 1 saturated heterocycles. The number of aryl methyl sites for hydroxylation is 1. The molecule has 1 aliphatic heterocycles. The summed E-state index contributed by atoms with van der Waals surface area (Å²) in [5, 5.41) is 7.82. The van der Waals surface area contributed by atoms with Gasteiger partial charge in [0.05, 0.1) is 11.5 Å². The van der Waals surface area contributed by atoms with E-state index in [4.69, 9.17) is 0 Å². The molecule has 0 spiro atoms. The molecule has 1 aliphatic rings. The van der Waals surface area contributed by atoms with E-state index in [1.807, 2.05) is 31.3 Å². The summed E-state index contributed by atoms with van der Waals surface area (Å²) in [4.78, 5) is 12.1. The van der Waals surface area contributed by atoms with Gasteiger partial charge >= 0.3 is 0 Å². The van der Waals surface area contributed by atoms with E-state index in [0.717, 1.165) is 24.3 Å². The summed E-state index contributed by atoms with van der Waals surface area (Å²) in [5.41, 5.74) is 2.40. The first-order chi connectivity index (χ1) is 13.0. The van der Waals surface area contributed by atoms with Crippen LogP contribution in [-0.2, 0) is 16.3 Å². The van der Waals surface area contributed by atoms with Crippen molar-refractivity contribution in [2.75, 3.05) is 28.7 Å². The molecule has 0 aliphatic carbocycles. The Morgan fingerprint density at radius 2 is 2.04 bits per heavy atom. The van der Waals surface area contributed by atoms with Gasteiger partial charge in [0.1, 0.15) is 17.5 Å². The predicted molar refractivity (Wildman–Crippen MR) is 108 cm³/mol. The highest BCUT2D eigenvalue weighted by molar-refractivity contribution is 7.91. The minimum atomic E-state index is -2.92. The van der Waals surface area contributed by atoms with Crippen molar-refractivity contribution in [3.63, 3.8) is 0 Å². The molecule has 8 heteroatoms. The molecule has 1 atom stereocenters. The zero-order chi connectivity index (χ0) is 18.9. The van der Waals surface area contributed by atoms with Crippen molar-refractivity contribution >= 4 is 32.4 Å². The molecule has 142 valence electrons. The topological polar surface area (TPSA) is 99.8 Å². The number of benzene rings is 1. The fraction of sp³-hybridized carbons (Fsp3) is 0.368. The number of H-pyrrole nitrogens is 1. The standard InChI is InChI=1S/C19H23N5O2S/c1-13-22-18(10-19(23-13)24-15-7-9-27(25,26)12-15)20-8-6-14-11-21-17-5-3-2-4-16(14)17/h2-5,10-11,15,21H,6-9,12H2,1H3,(H2,20,22,23,24). The van der Waals surface area contributed by atoms with Crippen molar-refractivity contribution in [3.05, 3.63) is 47.9 Å². The monoisotopic (exact) mass is 385 g/mol. The number of nitrogens with one attached hydrogen (secondary N) is 3. The highest BCUT2D eigenvalue weighted by Gasteiger charge is 2.28. The summed E-state index contributed by atoms with van der Waals surface area (Å²) in [6.07, 6.45) is 3.54. The smallest absolute Gasteiger partial charge is 0.152 e. The van der Waals surface area contributed by atoms with Gasteiger partial charge in [0, 0.05) is 35.8 Å². The average molecular weight is 385 g/mol. The maximum Gasteiger partial charge on any atom is 0.152 e. The Kier molecular flexibility index (Phi) is 4.73. The second kappa shape index (κ2) is 7.19. The Bertz CT molecular complexity index is 1060. The van der Waals surface area contributed by atoms with Crippen LogP contribution in [0, 0.1) is 6.92 Å². The predicted octanol–water partition coefficient (Wildman–Crippen LogP) is 2.52. The van der Waals surface area contributed by atoms with E-state index in [2.05, 4.69) is 37.7 Å². The van der Waals surface area contributed by atoms with E-state index >= 15 is 0 Å². The average Bonchev–Trinajstić information content (AvgIpc) is 3.17. The molecule has 0 bridgehead atoms. The molecule has 1 fully saturated rings. The molecule has 0 radical (unpaired) electrons. The Hall–Kier alpha value is -2.61. The van der Waals surface area contributed by atoms with Gasteiger partial charge in [-0.1, -0.05) is 18.2 Å². The molecule has 27 heavy (non-hydrogen) atoms. The first kappa shape index (κ1) is 17.8. The molecule has 7 nitrogen and oxygen atoms in total. The van der Waals surface area contributed by atoms with Crippen molar-refractivity contribution in [2.24, 2.45) is 0 Å². The first-order valence-corrected chi connectivity index (χ1v) is 10.9. The Morgan fingerprint density at radius 3 is 2.85 bits per heavy atom. The molecular formula is C19H23N5O2S. The number of fused-ring (bicyclic) bond motifs is 1. The summed E-state index contributed by atoms with van der Waals surface area (Å²) in [7, 11) is -2.92. The highest BCUT2D eigenvalue weighted by atomic mass is 32.2. The molecule has 4 rings (SSSR count). The lowest BCUT2D eigenvalue weighted by molar-refractivity contribution is 0.602. The van der Waals surface area contributed by atoms with Crippen LogP contribution in [0.5, 0.6) is 0 Å². The molecule has 3 heterocycles. The van der Waals surface area contributed by atoms with Crippen molar-refractivity contribution in [1.29, 1.82) is 0 Å². The molecule has 0 saturated carbocycles. The van der Waals surface area contributed by atoms with Gasteiger partial charge in [0.15, 0.2) is 9.84 Å². The van der Waals surface area contributed by atoms with Gasteiger partial charge in [-0.05, 0) is 31.4 Å². The number of para-hydroxylation sites is 1. The number of hydrogen-bond donors (Lipinski definition) is 3. The maximum absolute atomic E-state index is 11.6. The second-order valence-corrected chi connectivity index (χ2v) is 9.19. The molecule has 0 amide bonds. The van der Waals surface area contributed by atoms with Crippen molar-refractivity contribution in [3.8, 4) is 0 Å². The Balaban J connectivity index is 1.39. The van der Waals surface area contributed by atoms with Crippen LogP contribution in [0.4, 0.5) is 11.6 Å². The quantitative estimate of drug-likeness (QED) is 0.603. The van der Waals surface area contributed by atoms with Crippen molar-refractivity contribution in [1.82, 2.24) is 15.0 Å². The number of hydrogen-bond acceptors (Lipinski definition) is 6. The van der Waals surface area contributed by atoms with Crippen LogP contribution in [-0.4, -0.2) is 47.5 Å². The van der Waals surface area contributed by atoms with E-state index < -0.39 is 9.84 Å². The van der Waals surface area contributed by atoms with Crippen LogP contribution in [0.2, 0.25) is 0 Å². The lowest BCUT2D eigenvalue weighted by atomic mass is 10.1.